The molecule has 1 aliphatic heterocycles. The molecule has 5 nitrogen and oxygen atoms in total. The third-order valence-corrected chi connectivity index (χ3v) is 4.79. The van der Waals surface area contributed by atoms with E-state index in [1.165, 1.54) is 29.2 Å². The van der Waals surface area contributed by atoms with Gasteiger partial charge in [0.1, 0.15) is 23.7 Å². The van der Waals surface area contributed by atoms with E-state index in [1.54, 1.807) is 30.3 Å². The zero-order valence-electron chi connectivity index (χ0n) is 15.2. The summed E-state index contributed by atoms with van der Waals surface area (Å²) < 4.78 is 19.5. The number of nitrogens with zero attached hydrogens (tertiary/aromatic N) is 1. The summed E-state index contributed by atoms with van der Waals surface area (Å²) in [6, 6.07) is 11.1. The monoisotopic (exact) mass is 430 g/mol. The Bertz CT molecular complexity index is 1020. The van der Waals surface area contributed by atoms with Crippen LogP contribution in [0, 0.1) is 5.82 Å². The topological polar surface area (TPSA) is 58.6 Å². The van der Waals surface area contributed by atoms with Crippen LogP contribution in [0.15, 0.2) is 60.7 Å². The van der Waals surface area contributed by atoms with Crippen molar-refractivity contribution in [2.45, 2.75) is 6.61 Å². The maximum Gasteiger partial charge on any atom is 0.265 e. The fourth-order valence-corrected chi connectivity index (χ4v) is 3.14. The molecule has 0 spiro atoms. The maximum atomic E-state index is 13.9. The van der Waals surface area contributed by atoms with Crippen LogP contribution in [-0.2, 0) is 16.2 Å². The van der Waals surface area contributed by atoms with Crippen LogP contribution in [0.2, 0.25) is 5.02 Å². The summed E-state index contributed by atoms with van der Waals surface area (Å²) in [4.78, 5) is 26.0. The fourth-order valence-electron chi connectivity index (χ4n) is 2.68. The van der Waals surface area contributed by atoms with Gasteiger partial charge in [0, 0.05) is 12.1 Å². The van der Waals surface area contributed by atoms with Crippen molar-refractivity contribution in [3.8, 4) is 5.75 Å². The second kappa shape index (κ2) is 8.98. The van der Waals surface area contributed by atoms with Crippen molar-refractivity contribution < 1.29 is 18.7 Å². The number of carbonyl (C=O) groups excluding carboxylic acids is 2. The molecule has 1 saturated heterocycles. The number of benzene rings is 2. The zero-order chi connectivity index (χ0) is 21.0. The van der Waals surface area contributed by atoms with Gasteiger partial charge in [-0.3, -0.25) is 19.8 Å². The Morgan fingerprint density at radius 1 is 1.24 bits per heavy atom. The summed E-state index contributed by atoms with van der Waals surface area (Å²) in [7, 11) is 0. The lowest BCUT2D eigenvalue weighted by atomic mass is 10.1. The Labute approximate surface area is 177 Å². The number of amides is 2. The summed E-state index contributed by atoms with van der Waals surface area (Å²) in [6.45, 7) is 3.70. The van der Waals surface area contributed by atoms with E-state index in [2.05, 4.69) is 11.9 Å². The number of halogens is 2. The largest absolute Gasteiger partial charge is 0.489 e. The van der Waals surface area contributed by atoms with Gasteiger partial charge in [-0.1, -0.05) is 35.9 Å². The highest BCUT2D eigenvalue weighted by Crippen LogP contribution is 2.23. The normalized spacial score (nSPS) is 15.4. The minimum absolute atomic E-state index is 0.0379. The molecule has 1 fully saturated rings. The van der Waals surface area contributed by atoms with Gasteiger partial charge in [0.15, 0.2) is 5.11 Å². The molecule has 3 rings (SSSR count). The molecule has 148 valence electrons. The molecule has 0 radical (unpaired) electrons. The van der Waals surface area contributed by atoms with Crippen LogP contribution in [0.25, 0.3) is 6.08 Å². The van der Waals surface area contributed by atoms with Gasteiger partial charge in [0.25, 0.3) is 11.8 Å². The molecule has 2 amide bonds. The van der Waals surface area contributed by atoms with Gasteiger partial charge in [-0.05, 0) is 48.1 Å². The number of nitrogens with one attached hydrogen (secondary N) is 1. The first kappa shape index (κ1) is 20.7. The molecule has 0 bridgehead atoms. The molecule has 29 heavy (non-hydrogen) atoms. The van der Waals surface area contributed by atoms with Crippen molar-refractivity contribution in [3.63, 3.8) is 0 Å². The standard InChI is InChI=1S/C21H16ClFN2O3S/c1-2-9-25-20(27)15(19(26)24-21(25)29)11-13-5-3-6-14(10-13)28-12-16-17(22)7-4-8-18(16)23/h2-8,10-11H,1,9,12H2,(H,24,26,29). The number of hydrogen-bond donors (Lipinski definition) is 1. The first-order valence-electron chi connectivity index (χ1n) is 8.56. The average molecular weight is 431 g/mol. The van der Waals surface area contributed by atoms with Crippen molar-refractivity contribution in [3.05, 3.63) is 82.7 Å². The zero-order valence-corrected chi connectivity index (χ0v) is 16.7. The second-order valence-electron chi connectivity index (χ2n) is 6.08. The van der Waals surface area contributed by atoms with Crippen LogP contribution >= 0.6 is 23.8 Å². The summed E-state index contributed by atoms with van der Waals surface area (Å²) in [5, 5.41) is 2.79. The highest BCUT2D eigenvalue weighted by atomic mass is 35.5. The van der Waals surface area contributed by atoms with Crippen LogP contribution in [-0.4, -0.2) is 28.4 Å². The molecule has 0 atom stereocenters. The van der Waals surface area contributed by atoms with Crippen LogP contribution in [0.3, 0.4) is 0 Å². The molecule has 1 heterocycles. The van der Waals surface area contributed by atoms with Crippen LogP contribution in [0.4, 0.5) is 4.39 Å². The smallest absolute Gasteiger partial charge is 0.265 e. The number of carbonyl (C=O) groups is 2. The average Bonchev–Trinajstić information content (AvgIpc) is 2.68. The van der Waals surface area contributed by atoms with Gasteiger partial charge in [0.05, 0.1) is 5.02 Å². The summed E-state index contributed by atoms with van der Waals surface area (Å²) in [5.41, 5.74) is 0.745. The number of ether oxygens (including phenoxy) is 1. The lowest BCUT2D eigenvalue weighted by Gasteiger charge is -2.27. The molecule has 0 unspecified atom stereocenters. The van der Waals surface area contributed by atoms with Gasteiger partial charge in [-0.15, -0.1) is 6.58 Å². The van der Waals surface area contributed by atoms with Gasteiger partial charge in [-0.2, -0.15) is 0 Å². The van der Waals surface area contributed by atoms with Gasteiger partial charge >= 0.3 is 0 Å². The van der Waals surface area contributed by atoms with Gasteiger partial charge < -0.3 is 4.74 Å². The molecule has 0 saturated carbocycles. The molecule has 1 N–H and O–H groups in total. The lowest BCUT2D eigenvalue weighted by molar-refractivity contribution is -0.128. The molecular weight excluding hydrogens is 415 g/mol. The van der Waals surface area contributed by atoms with Crippen molar-refractivity contribution in [2.24, 2.45) is 0 Å². The van der Waals surface area contributed by atoms with E-state index in [0.717, 1.165) is 0 Å². The fraction of sp³-hybridized carbons (Fsp3) is 0.0952. The highest BCUT2D eigenvalue weighted by Gasteiger charge is 2.32. The molecule has 2 aromatic carbocycles. The highest BCUT2D eigenvalue weighted by molar-refractivity contribution is 7.80. The summed E-state index contributed by atoms with van der Waals surface area (Å²) in [6.07, 6.45) is 2.96. The summed E-state index contributed by atoms with van der Waals surface area (Å²) >= 11 is 11.0. The van der Waals surface area contributed by atoms with Crippen molar-refractivity contribution in [1.29, 1.82) is 0 Å². The molecule has 0 aromatic heterocycles. The molecule has 8 heteroatoms. The number of rotatable bonds is 6. The van der Waals surface area contributed by atoms with Crippen molar-refractivity contribution in [2.75, 3.05) is 6.54 Å². The quantitative estimate of drug-likeness (QED) is 0.327. The third-order valence-electron chi connectivity index (χ3n) is 4.11. The van der Waals surface area contributed by atoms with Crippen LogP contribution in [0.1, 0.15) is 11.1 Å². The Kier molecular flexibility index (Phi) is 6.41. The van der Waals surface area contributed by atoms with E-state index in [0.29, 0.717) is 11.3 Å². The Morgan fingerprint density at radius 2 is 2.00 bits per heavy atom. The number of hydrogen-bond acceptors (Lipinski definition) is 4. The SMILES string of the molecule is C=CCN1C(=O)C(=Cc2cccc(OCc3c(F)cccc3Cl)c2)C(=O)NC1=S. The maximum absolute atomic E-state index is 13.9. The Morgan fingerprint density at radius 3 is 2.72 bits per heavy atom. The molecular formula is C21H16ClFN2O3S. The van der Waals surface area contributed by atoms with Crippen molar-refractivity contribution >= 4 is 46.8 Å². The van der Waals surface area contributed by atoms with E-state index in [1.807, 2.05) is 0 Å². The van der Waals surface area contributed by atoms with Crippen molar-refractivity contribution in [1.82, 2.24) is 10.2 Å². The summed E-state index contributed by atoms with van der Waals surface area (Å²) in [5.74, 6) is -1.12. The molecule has 1 aliphatic rings. The van der Waals surface area contributed by atoms with E-state index < -0.39 is 17.6 Å². The minimum atomic E-state index is -0.579. The predicted octanol–water partition coefficient (Wildman–Crippen LogP) is 3.87. The second-order valence-corrected chi connectivity index (χ2v) is 6.88. The first-order valence-corrected chi connectivity index (χ1v) is 9.35. The Balaban J connectivity index is 1.81. The van der Waals surface area contributed by atoms with E-state index in [4.69, 9.17) is 28.6 Å². The van der Waals surface area contributed by atoms with Gasteiger partial charge in [0.2, 0.25) is 0 Å². The van der Waals surface area contributed by atoms with Gasteiger partial charge in [-0.25, -0.2) is 4.39 Å². The van der Waals surface area contributed by atoms with E-state index in [-0.39, 0.29) is 34.4 Å². The minimum Gasteiger partial charge on any atom is -0.489 e. The number of thiocarbonyl (C=S) groups is 1. The predicted molar refractivity (Wildman–Crippen MR) is 113 cm³/mol. The van der Waals surface area contributed by atoms with Crippen LogP contribution in [0.5, 0.6) is 5.75 Å². The first-order chi connectivity index (χ1) is 13.9. The Hall–Kier alpha value is -3.03. The van der Waals surface area contributed by atoms with E-state index >= 15 is 0 Å². The lowest BCUT2D eigenvalue weighted by Crippen LogP contribution is -2.53. The van der Waals surface area contributed by atoms with Crippen LogP contribution < -0.4 is 10.1 Å². The molecule has 0 aliphatic carbocycles. The third kappa shape index (κ3) is 4.70. The molecule has 2 aromatic rings. The van der Waals surface area contributed by atoms with E-state index in [9.17, 15) is 14.0 Å².